The summed E-state index contributed by atoms with van der Waals surface area (Å²) in [6.07, 6.45) is -4.51. The van der Waals surface area contributed by atoms with Crippen molar-refractivity contribution in [3.8, 4) is 0 Å². The SMILES string of the molecule is OC1(c2c(Cl)cccc2C(F)(F)F)CNC1. The zero-order valence-electron chi connectivity index (χ0n) is 8.11. The highest BCUT2D eigenvalue weighted by Crippen LogP contribution is 2.41. The topological polar surface area (TPSA) is 32.3 Å². The van der Waals surface area contributed by atoms with Gasteiger partial charge in [-0.2, -0.15) is 13.2 Å². The summed E-state index contributed by atoms with van der Waals surface area (Å²) in [4.78, 5) is 0. The van der Waals surface area contributed by atoms with Crippen LogP contribution >= 0.6 is 11.6 Å². The Kier molecular flexibility index (Phi) is 2.64. The minimum atomic E-state index is -4.51. The quantitative estimate of drug-likeness (QED) is 0.802. The first kappa shape index (κ1) is 11.7. The molecule has 0 radical (unpaired) electrons. The van der Waals surface area contributed by atoms with Gasteiger partial charge in [0.15, 0.2) is 0 Å². The molecule has 0 aliphatic carbocycles. The van der Waals surface area contributed by atoms with Crippen molar-refractivity contribution >= 4 is 11.6 Å². The van der Waals surface area contributed by atoms with Gasteiger partial charge >= 0.3 is 6.18 Å². The Bertz CT molecular complexity index is 415. The molecule has 2 nitrogen and oxygen atoms in total. The van der Waals surface area contributed by atoms with E-state index in [-0.39, 0.29) is 23.7 Å². The minimum absolute atomic E-state index is 0.0566. The smallest absolute Gasteiger partial charge is 0.382 e. The van der Waals surface area contributed by atoms with E-state index < -0.39 is 17.3 Å². The van der Waals surface area contributed by atoms with Crippen LogP contribution in [0.4, 0.5) is 13.2 Å². The number of halogens is 4. The molecule has 1 saturated heterocycles. The summed E-state index contributed by atoms with van der Waals surface area (Å²) in [6, 6.07) is 3.50. The van der Waals surface area contributed by atoms with Gasteiger partial charge in [0.05, 0.1) is 5.56 Å². The van der Waals surface area contributed by atoms with E-state index in [1.54, 1.807) is 0 Å². The van der Waals surface area contributed by atoms with Crippen LogP contribution < -0.4 is 5.32 Å². The van der Waals surface area contributed by atoms with Crippen LogP contribution in [0.5, 0.6) is 0 Å². The second-order valence-corrected chi connectivity index (χ2v) is 4.20. The fourth-order valence-corrected chi connectivity index (χ4v) is 2.12. The van der Waals surface area contributed by atoms with Gasteiger partial charge in [-0.05, 0) is 12.1 Å². The lowest BCUT2D eigenvalue weighted by Gasteiger charge is -2.39. The normalized spacial score (nSPS) is 19.3. The third-order valence-electron chi connectivity index (χ3n) is 2.62. The molecular formula is C10H9ClF3NO. The molecule has 0 atom stereocenters. The van der Waals surface area contributed by atoms with Gasteiger partial charge in [0.1, 0.15) is 5.60 Å². The number of β-amino-alcohol motifs (C(OH)–C–C–N with tert-alkyl or cyclic N) is 1. The van der Waals surface area contributed by atoms with Crippen LogP contribution in [-0.2, 0) is 11.8 Å². The lowest BCUT2D eigenvalue weighted by atomic mass is 9.84. The Hall–Kier alpha value is -0.780. The van der Waals surface area contributed by atoms with Crippen molar-refractivity contribution in [1.82, 2.24) is 5.32 Å². The van der Waals surface area contributed by atoms with E-state index in [9.17, 15) is 18.3 Å². The van der Waals surface area contributed by atoms with E-state index in [4.69, 9.17) is 11.6 Å². The van der Waals surface area contributed by atoms with E-state index in [0.29, 0.717) is 0 Å². The van der Waals surface area contributed by atoms with E-state index in [2.05, 4.69) is 5.32 Å². The Balaban J connectivity index is 2.58. The predicted octanol–water partition coefficient (Wildman–Crippen LogP) is 2.15. The molecule has 0 saturated carbocycles. The van der Waals surface area contributed by atoms with Gasteiger partial charge in [0.25, 0.3) is 0 Å². The molecule has 1 aliphatic rings. The van der Waals surface area contributed by atoms with E-state index in [0.717, 1.165) is 6.07 Å². The molecule has 88 valence electrons. The van der Waals surface area contributed by atoms with Crippen LogP contribution in [0.25, 0.3) is 0 Å². The first-order chi connectivity index (χ1) is 7.34. The highest BCUT2D eigenvalue weighted by atomic mass is 35.5. The fourth-order valence-electron chi connectivity index (χ4n) is 1.77. The van der Waals surface area contributed by atoms with Crippen molar-refractivity contribution in [2.45, 2.75) is 11.8 Å². The van der Waals surface area contributed by atoms with Crippen LogP contribution in [0.2, 0.25) is 5.02 Å². The molecule has 2 rings (SSSR count). The Morgan fingerprint density at radius 2 is 1.94 bits per heavy atom. The number of benzene rings is 1. The van der Waals surface area contributed by atoms with Crippen LogP contribution in [0.15, 0.2) is 18.2 Å². The number of rotatable bonds is 1. The molecule has 1 aliphatic heterocycles. The molecule has 0 spiro atoms. The van der Waals surface area contributed by atoms with Crippen molar-refractivity contribution in [3.63, 3.8) is 0 Å². The molecular weight excluding hydrogens is 243 g/mol. The zero-order valence-corrected chi connectivity index (χ0v) is 8.86. The molecule has 1 heterocycles. The monoisotopic (exact) mass is 251 g/mol. The fraction of sp³-hybridized carbons (Fsp3) is 0.400. The summed E-state index contributed by atoms with van der Waals surface area (Å²) in [7, 11) is 0. The van der Waals surface area contributed by atoms with Gasteiger partial charge in [-0.25, -0.2) is 0 Å². The number of alkyl halides is 3. The number of nitrogens with one attached hydrogen (secondary N) is 1. The molecule has 1 aromatic carbocycles. The van der Waals surface area contributed by atoms with E-state index in [1.165, 1.54) is 12.1 Å². The van der Waals surface area contributed by atoms with Crippen LogP contribution in [0.1, 0.15) is 11.1 Å². The highest BCUT2D eigenvalue weighted by molar-refractivity contribution is 6.31. The largest absolute Gasteiger partial charge is 0.416 e. The predicted molar refractivity (Wildman–Crippen MR) is 53.2 cm³/mol. The van der Waals surface area contributed by atoms with Gasteiger partial charge in [-0.15, -0.1) is 0 Å². The van der Waals surface area contributed by atoms with Gasteiger partial charge in [0, 0.05) is 23.7 Å². The third kappa shape index (κ3) is 1.79. The number of hydrogen-bond acceptors (Lipinski definition) is 2. The minimum Gasteiger partial charge on any atom is -0.382 e. The summed E-state index contributed by atoms with van der Waals surface area (Å²) >= 11 is 5.74. The average molecular weight is 252 g/mol. The lowest BCUT2D eigenvalue weighted by Crippen LogP contribution is -2.57. The van der Waals surface area contributed by atoms with Gasteiger partial charge in [-0.3, -0.25) is 0 Å². The summed E-state index contributed by atoms with van der Waals surface area (Å²) < 4.78 is 38.2. The van der Waals surface area contributed by atoms with Crippen molar-refractivity contribution in [2.24, 2.45) is 0 Å². The Labute approximate surface area is 95.0 Å². The van der Waals surface area contributed by atoms with Crippen LogP contribution in [0, 0.1) is 0 Å². The molecule has 0 unspecified atom stereocenters. The molecule has 16 heavy (non-hydrogen) atoms. The van der Waals surface area contributed by atoms with Crippen molar-refractivity contribution < 1.29 is 18.3 Å². The zero-order chi connectivity index (χ0) is 12.0. The Morgan fingerprint density at radius 1 is 1.31 bits per heavy atom. The molecule has 2 N–H and O–H groups in total. The first-order valence-corrected chi connectivity index (χ1v) is 5.02. The molecule has 0 aromatic heterocycles. The van der Waals surface area contributed by atoms with Crippen LogP contribution in [-0.4, -0.2) is 18.2 Å². The maximum absolute atomic E-state index is 12.7. The van der Waals surface area contributed by atoms with Gasteiger partial charge in [-0.1, -0.05) is 17.7 Å². The molecule has 6 heteroatoms. The van der Waals surface area contributed by atoms with Crippen molar-refractivity contribution in [3.05, 3.63) is 34.3 Å². The summed E-state index contributed by atoms with van der Waals surface area (Å²) in [6.45, 7) is 0.166. The van der Waals surface area contributed by atoms with Crippen molar-refractivity contribution in [2.75, 3.05) is 13.1 Å². The molecule has 1 fully saturated rings. The standard InChI is InChI=1S/C10H9ClF3NO/c11-7-3-1-2-6(10(12,13)14)8(7)9(16)4-15-5-9/h1-3,15-16H,4-5H2. The van der Waals surface area contributed by atoms with E-state index >= 15 is 0 Å². The van der Waals surface area contributed by atoms with Gasteiger partial charge < -0.3 is 10.4 Å². The molecule has 0 amide bonds. The third-order valence-corrected chi connectivity index (χ3v) is 2.93. The number of aliphatic hydroxyl groups is 1. The maximum Gasteiger partial charge on any atom is 0.416 e. The second kappa shape index (κ2) is 3.61. The van der Waals surface area contributed by atoms with E-state index in [1.807, 2.05) is 0 Å². The summed E-state index contributed by atoms with van der Waals surface area (Å²) in [5.74, 6) is 0. The van der Waals surface area contributed by atoms with Crippen LogP contribution in [0.3, 0.4) is 0 Å². The lowest BCUT2D eigenvalue weighted by molar-refractivity contribution is -0.141. The average Bonchev–Trinajstić information content (AvgIpc) is 2.12. The maximum atomic E-state index is 12.7. The second-order valence-electron chi connectivity index (χ2n) is 3.80. The summed E-state index contributed by atoms with van der Waals surface area (Å²) in [5, 5.41) is 12.6. The highest BCUT2D eigenvalue weighted by Gasteiger charge is 2.45. The van der Waals surface area contributed by atoms with Gasteiger partial charge in [0.2, 0.25) is 0 Å². The first-order valence-electron chi connectivity index (χ1n) is 4.64. The molecule has 0 bridgehead atoms. The Morgan fingerprint density at radius 3 is 2.38 bits per heavy atom. The van der Waals surface area contributed by atoms with Crippen molar-refractivity contribution in [1.29, 1.82) is 0 Å². The summed E-state index contributed by atoms with van der Waals surface area (Å²) in [5.41, 5.74) is -2.62. The molecule has 1 aromatic rings. The number of hydrogen-bond donors (Lipinski definition) is 2.